The van der Waals surface area contributed by atoms with Crippen molar-refractivity contribution in [3.05, 3.63) is 65.1 Å². The smallest absolute Gasteiger partial charge is 0.179 e. The summed E-state index contributed by atoms with van der Waals surface area (Å²) < 4.78 is 4.11. The first-order valence-electron chi connectivity index (χ1n) is 10.3. The molecule has 0 fully saturated rings. The number of imidazole rings is 1. The maximum Gasteiger partial charge on any atom is 0.179 e. The molecule has 5 rings (SSSR count). The van der Waals surface area contributed by atoms with Crippen LogP contribution in [0.4, 0.5) is 0 Å². The molecule has 2 heterocycles. The second-order valence-corrected chi connectivity index (χ2v) is 8.15. The Labute approximate surface area is 169 Å². The van der Waals surface area contributed by atoms with Gasteiger partial charge in [0, 0.05) is 17.3 Å². The van der Waals surface area contributed by atoms with Crippen molar-refractivity contribution in [2.45, 2.75) is 52.3 Å². The summed E-state index contributed by atoms with van der Waals surface area (Å²) in [7, 11) is 0. The molecule has 0 unspecified atom stereocenters. The van der Waals surface area contributed by atoms with E-state index in [0.717, 1.165) is 51.9 Å². The largest absolute Gasteiger partial charge is 0.389 e. The summed E-state index contributed by atoms with van der Waals surface area (Å²) in [5.74, 6) is 1.08. The fraction of sp³-hybridized carbons (Fsp3) is 0.333. The number of para-hydroxylation sites is 2. The molecule has 2 aromatic heterocycles. The van der Waals surface area contributed by atoms with E-state index in [4.69, 9.17) is 0 Å². The Kier molecular flexibility index (Phi) is 4.28. The number of ketones is 1. The normalized spacial score (nSPS) is 15.2. The molecule has 1 aliphatic carbocycles. The number of Topliss-reactive ketones (excluding diaryl/α,β-unsaturated/α-hetero) is 1. The molecule has 5 heteroatoms. The van der Waals surface area contributed by atoms with Crippen LogP contribution in [0.1, 0.15) is 40.3 Å². The van der Waals surface area contributed by atoms with Gasteiger partial charge in [0.2, 0.25) is 0 Å². The lowest BCUT2D eigenvalue weighted by molar-refractivity contribution is 0.0953. The monoisotopic (exact) mass is 387 g/mol. The highest BCUT2D eigenvalue weighted by atomic mass is 16.3. The first kappa shape index (κ1) is 18.1. The summed E-state index contributed by atoms with van der Waals surface area (Å²) >= 11 is 0. The van der Waals surface area contributed by atoms with Crippen LogP contribution in [0.3, 0.4) is 0 Å². The van der Waals surface area contributed by atoms with E-state index in [9.17, 15) is 9.90 Å². The summed E-state index contributed by atoms with van der Waals surface area (Å²) in [6, 6.07) is 14.3. The molecule has 0 saturated heterocycles. The second kappa shape index (κ2) is 6.85. The van der Waals surface area contributed by atoms with E-state index >= 15 is 0 Å². The van der Waals surface area contributed by atoms with Gasteiger partial charge >= 0.3 is 0 Å². The van der Waals surface area contributed by atoms with E-state index in [0.29, 0.717) is 19.5 Å². The van der Waals surface area contributed by atoms with Gasteiger partial charge in [-0.05, 0) is 56.5 Å². The molecule has 0 amide bonds. The quantitative estimate of drug-likeness (QED) is 0.571. The van der Waals surface area contributed by atoms with Crippen LogP contribution in [-0.4, -0.2) is 31.1 Å². The molecule has 29 heavy (non-hydrogen) atoms. The Morgan fingerprint density at radius 3 is 2.69 bits per heavy atom. The minimum absolute atomic E-state index is 0.191. The van der Waals surface area contributed by atoms with Gasteiger partial charge in [0.05, 0.1) is 35.9 Å². The van der Waals surface area contributed by atoms with Gasteiger partial charge in [-0.3, -0.25) is 4.79 Å². The zero-order valence-corrected chi connectivity index (χ0v) is 16.9. The van der Waals surface area contributed by atoms with Crippen LogP contribution in [0.15, 0.2) is 42.5 Å². The van der Waals surface area contributed by atoms with Gasteiger partial charge < -0.3 is 14.2 Å². The van der Waals surface area contributed by atoms with E-state index in [-0.39, 0.29) is 5.78 Å². The number of carbonyl (C=O) groups excluding carboxylic acids is 1. The predicted molar refractivity (Wildman–Crippen MR) is 114 cm³/mol. The van der Waals surface area contributed by atoms with Gasteiger partial charge in [0.25, 0.3) is 0 Å². The lowest BCUT2D eigenvalue weighted by atomic mass is 9.94. The van der Waals surface area contributed by atoms with E-state index in [1.165, 1.54) is 5.56 Å². The van der Waals surface area contributed by atoms with Crippen molar-refractivity contribution in [1.82, 2.24) is 14.1 Å². The number of aryl methyl sites for hydroxylation is 3. The number of carbonyl (C=O) groups is 1. The van der Waals surface area contributed by atoms with Gasteiger partial charge in [-0.15, -0.1) is 0 Å². The Morgan fingerprint density at radius 1 is 1.03 bits per heavy atom. The van der Waals surface area contributed by atoms with Gasteiger partial charge in [-0.25, -0.2) is 4.98 Å². The molecule has 2 aromatic carbocycles. The van der Waals surface area contributed by atoms with Crippen LogP contribution in [0.25, 0.3) is 21.9 Å². The van der Waals surface area contributed by atoms with Crippen molar-refractivity contribution in [2.75, 3.05) is 0 Å². The van der Waals surface area contributed by atoms with Crippen LogP contribution in [0.5, 0.6) is 0 Å². The maximum atomic E-state index is 12.8. The standard InChI is InChI=1S/C24H25N3O2/c1-15-10-11-21-19(12-15)18-6-5-9-23(29)24(18)27(21)14-17(28)13-26-16(2)25-20-7-3-4-8-22(20)26/h3-4,7-8,10-12,17,28H,5-6,9,13-14H2,1-2H3/t17-/m0/s1. The Morgan fingerprint density at radius 2 is 1.83 bits per heavy atom. The highest BCUT2D eigenvalue weighted by Gasteiger charge is 2.27. The minimum Gasteiger partial charge on any atom is -0.389 e. The molecule has 5 nitrogen and oxygen atoms in total. The summed E-state index contributed by atoms with van der Waals surface area (Å²) in [6.45, 7) is 4.88. The molecule has 148 valence electrons. The van der Waals surface area contributed by atoms with Crippen molar-refractivity contribution in [3.63, 3.8) is 0 Å². The topological polar surface area (TPSA) is 60.1 Å². The van der Waals surface area contributed by atoms with Crippen molar-refractivity contribution in [2.24, 2.45) is 0 Å². The van der Waals surface area contributed by atoms with Crippen LogP contribution in [0.2, 0.25) is 0 Å². The number of aromatic nitrogens is 3. The van der Waals surface area contributed by atoms with Gasteiger partial charge in [-0.2, -0.15) is 0 Å². The summed E-state index contributed by atoms with van der Waals surface area (Å²) in [6.07, 6.45) is 1.79. The molecule has 0 bridgehead atoms. The number of hydrogen-bond acceptors (Lipinski definition) is 3. The Bertz CT molecular complexity index is 1250. The third-order valence-electron chi connectivity index (χ3n) is 6.05. The van der Waals surface area contributed by atoms with Crippen LogP contribution in [-0.2, 0) is 19.5 Å². The molecule has 0 aliphatic heterocycles. The highest BCUT2D eigenvalue weighted by molar-refractivity contribution is 6.04. The second-order valence-electron chi connectivity index (χ2n) is 8.15. The molecule has 1 atom stereocenters. The SMILES string of the molecule is Cc1ccc2c(c1)c1c(n2C[C@@H](O)Cn2c(C)nc3ccccc32)C(=O)CCC1. The fourth-order valence-corrected chi connectivity index (χ4v) is 4.75. The Hall–Kier alpha value is -2.92. The van der Waals surface area contributed by atoms with E-state index in [2.05, 4.69) is 34.7 Å². The molecule has 4 aromatic rings. The zero-order valence-electron chi connectivity index (χ0n) is 16.9. The van der Waals surface area contributed by atoms with E-state index in [1.54, 1.807) is 0 Å². The van der Waals surface area contributed by atoms with Gasteiger partial charge in [-0.1, -0.05) is 23.8 Å². The van der Waals surface area contributed by atoms with Gasteiger partial charge in [0.1, 0.15) is 5.82 Å². The lowest BCUT2D eigenvalue weighted by Crippen LogP contribution is -2.25. The average Bonchev–Trinajstić information content (AvgIpc) is 3.18. The van der Waals surface area contributed by atoms with E-state index < -0.39 is 6.10 Å². The average molecular weight is 387 g/mol. The third kappa shape index (κ3) is 2.97. The molecular weight excluding hydrogens is 362 g/mol. The van der Waals surface area contributed by atoms with Crippen LogP contribution in [0, 0.1) is 13.8 Å². The molecular formula is C24H25N3O2. The summed E-state index contributed by atoms with van der Waals surface area (Å²) in [5.41, 5.74) is 6.14. The Balaban J connectivity index is 1.54. The third-order valence-corrected chi connectivity index (χ3v) is 6.05. The fourth-order valence-electron chi connectivity index (χ4n) is 4.75. The van der Waals surface area contributed by atoms with Gasteiger partial charge in [0.15, 0.2) is 5.78 Å². The van der Waals surface area contributed by atoms with Crippen molar-refractivity contribution in [3.8, 4) is 0 Å². The van der Waals surface area contributed by atoms with Crippen LogP contribution < -0.4 is 0 Å². The van der Waals surface area contributed by atoms with Crippen molar-refractivity contribution >= 4 is 27.7 Å². The zero-order chi connectivity index (χ0) is 20.1. The first-order chi connectivity index (χ1) is 14.0. The summed E-state index contributed by atoms with van der Waals surface area (Å²) in [4.78, 5) is 17.4. The number of benzene rings is 2. The molecule has 1 N–H and O–H groups in total. The molecule has 0 saturated carbocycles. The number of aliphatic hydroxyl groups excluding tert-OH is 1. The number of nitrogens with zero attached hydrogens (tertiary/aromatic N) is 3. The predicted octanol–water partition coefficient (Wildman–Crippen LogP) is 4.19. The number of fused-ring (bicyclic) bond motifs is 4. The lowest BCUT2D eigenvalue weighted by Gasteiger charge is -2.19. The first-order valence-corrected chi connectivity index (χ1v) is 10.3. The molecule has 0 radical (unpaired) electrons. The number of aliphatic hydroxyl groups is 1. The van der Waals surface area contributed by atoms with E-state index in [1.807, 2.05) is 35.8 Å². The number of hydrogen-bond donors (Lipinski definition) is 1. The molecule has 1 aliphatic rings. The maximum absolute atomic E-state index is 12.8. The van der Waals surface area contributed by atoms with Crippen molar-refractivity contribution < 1.29 is 9.90 Å². The molecule has 0 spiro atoms. The minimum atomic E-state index is -0.623. The van der Waals surface area contributed by atoms with Crippen LogP contribution >= 0.6 is 0 Å². The summed E-state index contributed by atoms with van der Waals surface area (Å²) in [5, 5.41) is 12.2. The van der Waals surface area contributed by atoms with Crippen molar-refractivity contribution in [1.29, 1.82) is 0 Å². The number of rotatable bonds is 4. The highest BCUT2D eigenvalue weighted by Crippen LogP contribution is 2.33.